The molecule has 0 spiro atoms. The second kappa shape index (κ2) is 7.87. The van der Waals surface area contributed by atoms with Crippen LogP contribution in [0.5, 0.6) is 0 Å². The van der Waals surface area contributed by atoms with E-state index in [9.17, 15) is 4.79 Å². The molecule has 0 aliphatic carbocycles. The van der Waals surface area contributed by atoms with Crippen LogP contribution in [-0.2, 0) is 4.79 Å². The maximum absolute atomic E-state index is 10.8. The van der Waals surface area contributed by atoms with Gasteiger partial charge in [0.1, 0.15) is 0 Å². The Hall–Kier alpha value is -1.36. The molecule has 0 saturated carbocycles. The molecule has 0 bridgehead atoms. The maximum atomic E-state index is 10.8. The molecule has 18 heavy (non-hydrogen) atoms. The molecule has 0 aromatic rings. The van der Waals surface area contributed by atoms with Crippen molar-refractivity contribution in [1.29, 1.82) is 0 Å². The van der Waals surface area contributed by atoms with Crippen LogP contribution in [0.2, 0.25) is 0 Å². The quantitative estimate of drug-likeness (QED) is 0.620. The van der Waals surface area contributed by atoms with E-state index >= 15 is 0 Å². The Bertz CT molecular complexity index is 326. The molecule has 0 saturated heterocycles. The molecule has 1 rings (SSSR count). The summed E-state index contributed by atoms with van der Waals surface area (Å²) in [5.74, 6) is -0.570. The number of allylic oxidation sites excluding steroid dienone is 1. The Kier molecular flexibility index (Phi) is 6.43. The van der Waals surface area contributed by atoms with Gasteiger partial charge >= 0.3 is 5.97 Å². The van der Waals surface area contributed by atoms with E-state index in [1.165, 1.54) is 0 Å². The zero-order valence-corrected chi connectivity index (χ0v) is 10.7. The fraction of sp³-hybridized carbons (Fsp3) is 0.692. The number of aliphatic carboxylic acids is 1. The van der Waals surface area contributed by atoms with Crippen LogP contribution in [-0.4, -0.2) is 29.5 Å². The minimum Gasteiger partial charge on any atom is -0.481 e. The van der Waals surface area contributed by atoms with E-state index in [1.807, 2.05) is 12.2 Å². The highest BCUT2D eigenvalue weighted by Gasteiger charge is 2.13. The van der Waals surface area contributed by atoms with Crippen molar-refractivity contribution in [3.63, 3.8) is 0 Å². The van der Waals surface area contributed by atoms with Crippen molar-refractivity contribution < 1.29 is 9.90 Å². The average Bonchev–Trinajstić information content (AvgIpc) is 2.53. The summed E-state index contributed by atoms with van der Waals surface area (Å²) < 4.78 is 0. The predicted molar refractivity (Wildman–Crippen MR) is 72.4 cm³/mol. The summed E-state index contributed by atoms with van der Waals surface area (Å²) in [7, 11) is 0. The SMILES string of the molecule is NCC(C/C=C/CC1CCCCC(N)=N1)C(=O)O. The molecule has 0 amide bonds. The van der Waals surface area contributed by atoms with Gasteiger partial charge in [-0.05, 0) is 25.7 Å². The third-order valence-electron chi connectivity index (χ3n) is 3.20. The standard InChI is InChI=1S/C13H23N3O2/c14-9-10(13(17)18)5-1-2-6-11-7-3-4-8-12(15)16-11/h1-2,10-11H,3-9,14H2,(H2,15,16)(H,17,18)/b2-1+. The van der Waals surface area contributed by atoms with Gasteiger partial charge in [-0.2, -0.15) is 0 Å². The van der Waals surface area contributed by atoms with Gasteiger partial charge in [-0.15, -0.1) is 0 Å². The molecule has 2 atom stereocenters. The van der Waals surface area contributed by atoms with Gasteiger partial charge in [0.2, 0.25) is 0 Å². The van der Waals surface area contributed by atoms with E-state index in [0.29, 0.717) is 6.42 Å². The van der Waals surface area contributed by atoms with Crippen molar-refractivity contribution in [3.8, 4) is 0 Å². The number of hydrogen-bond donors (Lipinski definition) is 3. The summed E-state index contributed by atoms with van der Waals surface area (Å²) in [5, 5.41) is 8.84. The van der Waals surface area contributed by atoms with Gasteiger partial charge in [-0.3, -0.25) is 9.79 Å². The number of rotatable bonds is 6. The summed E-state index contributed by atoms with van der Waals surface area (Å²) in [6, 6.07) is 0.255. The Balaban J connectivity index is 2.35. The highest BCUT2D eigenvalue weighted by atomic mass is 16.4. The number of aliphatic imine (C=N–C) groups is 1. The van der Waals surface area contributed by atoms with Gasteiger partial charge in [0, 0.05) is 13.0 Å². The van der Waals surface area contributed by atoms with Gasteiger partial charge in [-0.1, -0.05) is 18.6 Å². The van der Waals surface area contributed by atoms with Crippen molar-refractivity contribution in [2.24, 2.45) is 22.4 Å². The minimum atomic E-state index is -0.834. The lowest BCUT2D eigenvalue weighted by Crippen LogP contribution is -2.22. The van der Waals surface area contributed by atoms with Gasteiger partial charge in [-0.25, -0.2) is 0 Å². The zero-order valence-electron chi connectivity index (χ0n) is 10.7. The molecule has 102 valence electrons. The molecule has 5 N–H and O–H groups in total. The van der Waals surface area contributed by atoms with Crippen LogP contribution < -0.4 is 11.5 Å². The van der Waals surface area contributed by atoms with E-state index in [-0.39, 0.29) is 12.6 Å². The van der Waals surface area contributed by atoms with E-state index < -0.39 is 11.9 Å². The molecule has 1 heterocycles. The van der Waals surface area contributed by atoms with E-state index in [2.05, 4.69) is 4.99 Å². The number of carboxylic acid groups (broad SMARTS) is 1. The number of carboxylic acids is 1. The smallest absolute Gasteiger partial charge is 0.308 e. The maximum Gasteiger partial charge on any atom is 0.308 e. The molecule has 1 aliphatic rings. The molecule has 1 aliphatic heterocycles. The van der Waals surface area contributed by atoms with Gasteiger partial charge in [0.05, 0.1) is 17.8 Å². The summed E-state index contributed by atoms with van der Waals surface area (Å²) in [5.41, 5.74) is 11.2. The second-order valence-electron chi connectivity index (χ2n) is 4.73. The van der Waals surface area contributed by atoms with Crippen molar-refractivity contribution in [3.05, 3.63) is 12.2 Å². The number of carbonyl (C=O) groups is 1. The lowest BCUT2D eigenvalue weighted by Gasteiger charge is -2.08. The van der Waals surface area contributed by atoms with Gasteiger partial charge in [0.25, 0.3) is 0 Å². The van der Waals surface area contributed by atoms with E-state index in [4.69, 9.17) is 16.6 Å². The van der Waals surface area contributed by atoms with E-state index in [0.717, 1.165) is 37.9 Å². The third kappa shape index (κ3) is 5.31. The third-order valence-corrected chi connectivity index (χ3v) is 3.20. The fourth-order valence-corrected chi connectivity index (χ4v) is 2.03. The minimum absolute atomic E-state index is 0.175. The summed E-state index contributed by atoms with van der Waals surface area (Å²) in [6.45, 7) is 0.175. The second-order valence-corrected chi connectivity index (χ2v) is 4.73. The lowest BCUT2D eigenvalue weighted by atomic mass is 10.0. The van der Waals surface area contributed by atoms with E-state index in [1.54, 1.807) is 0 Å². The molecular formula is C13H23N3O2. The molecule has 2 unspecified atom stereocenters. The van der Waals surface area contributed by atoms with Crippen LogP contribution in [0.3, 0.4) is 0 Å². The van der Waals surface area contributed by atoms with Gasteiger partial charge in [0.15, 0.2) is 0 Å². The number of amidine groups is 1. The van der Waals surface area contributed by atoms with Crippen LogP contribution in [0.15, 0.2) is 17.1 Å². The normalized spacial score (nSPS) is 22.5. The average molecular weight is 253 g/mol. The summed E-state index contributed by atoms with van der Waals surface area (Å²) in [4.78, 5) is 15.2. The molecule has 0 radical (unpaired) electrons. The Morgan fingerprint density at radius 3 is 2.94 bits per heavy atom. The molecule has 5 heteroatoms. The summed E-state index contributed by atoms with van der Waals surface area (Å²) in [6.07, 6.45) is 9.43. The highest BCUT2D eigenvalue weighted by Crippen LogP contribution is 2.15. The van der Waals surface area contributed by atoms with Crippen LogP contribution >= 0.6 is 0 Å². The first-order valence-corrected chi connectivity index (χ1v) is 6.53. The molecule has 0 aromatic carbocycles. The molecule has 0 aromatic heterocycles. The first kappa shape index (κ1) is 14.7. The number of nitrogens with zero attached hydrogens (tertiary/aromatic N) is 1. The lowest BCUT2D eigenvalue weighted by molar-refractivity contribution is -0.141. The largest absolute Gasteiger partial charge is 0.481 e. The predicted octanol–water partition coefficient (Wildman–Crippen LogP) is 1.28. The van der Waals surface area contributed by atoms with Crippen molar-refractivity contribution in [2.45, 2.75) is 44.6 Å². The Morgan fingerprint density at radius 2 is 2.28 bits per heavy atom. The first-order chi connectivity index (χ1) is 8.63. The number of hydrogen-bond acceptors (Lipinski definition) is 4. The van der Waals surface area contributed by atoms with Crippen molar-refractivity contribution >= 4 is 11.8 Å². The van der Waals surface area contributed by atoms with Crippen molar-refractivity contribution in [2.75, 3.05) is 6.54 Å². The first-order valence-electron chi connectivity index (χ1n) is 6.53. The molecule has 0 fully saturated rings. The fourth-order valence-electron chi connectivity index (χ4n) is 2.03. The molecular weight excluding hydrogens is 230 g/mol. The van der Waals surface area contributed by atoms with Gasteiger partial charge < -0.3 is 16.6 Å². The van der Waals surface area contributed by atoms with Crippen LogP contribution in [0.4, 0.5) is 0 Å². The Labute approximate surface area is 108 Å². The van der Waals surface area contributed by atoms with Crippen molar-refractivity contribution in [1.82, 2.24) is 0 Å². The monoisotopic (exact) mass is 253 g/mol. The zero-order chi connectivity index (χ0) is 13.4. The topological polar surface area (TPSA) is 102 Å². The van der Waals surface area contributed by atoms with Crippen LogP contribution in [0.1, 0.15) is 38.5 Å². The number of nitrogens with two attached hydrogens (primary N) is 2. The van der Waals surface area contributed by atoms with Crippen LogP contribution in [0.25, 0.3) is 0 Å². The molecule has 5 nitrogen and oxygen atoms in total. The summed E-state index contributed by atoms with van der Waals surface area (Å²) >= 11 is 0. The Morgan fingerprint density at radius 1 is 1.50 bits per heavy atom. The van der Waals surface area contributed by atoms with Crippen LogP contribution in [0, 0.1) is 5.92 Å². The highest BCUT2D eigenvalue weighted by molar-refractivity contribution is 5.80.